The smallest absolute Gasteiger partial charge is 0.320 e. The van der Waals surface area contributed by atoms with Gasteiger partial charge < -0.3 is 10.1 Å². The summed E-state index contributed by atoms with van der Waals surface area (Å²) in [4.78, 5) is 11.9. The van der Waals surface area contributed by atoms with Gasteiger partial charge in [-0.2, -0.15) is 5.10 Å². The second-order valence-electron chi connectivity index (χ2n) is 4.98. The van der Waals surface area contributed by atoms with E-state index in [1.54, 1.807) is 0 Å². The molecule has 1 saturated heterocycles. The third-order valence-corrected chi connectivity index (χ3v) is 3.38. The van der Waals surface area contributed by atoms with Crippen LogP contribution < -0.4 is 10.6 Å². The Balaban J connectivity index is 1.84. The van der Waals surface area contributed by atoms with E-state index in [1.165, 1.54) is 12.3 Å². The number of hydrogen-bond acceptors (Lipinski definition) is 3. The number of alkyl halides is 2. The Bertz CT molecular complexity index is 461. The molecule has 1 aliphatic heterocycles. The van der Waals surface area contributed by atoms with E-state index in [-0.39, 0.29) is 18.0 Å². The number of nitrogens with zero attached hydrogens (tertiary/aromatic N) is 2. The van der Waals surface area contributed by atoms with Crippen LogP contribution in [-0.2, 0) is 11.3 Å². The summed E-state index contributed by atoms with van der Waals surface area (Å²) in [5.41, 5.74) is 0. The summed E-state index contributed by atoms with van der Waals surface area (Å²) in [5, 5.41) is 9.23. The molecular formula is C13H20F2N4O2. The number of nitrogens with one attached hydrogen (secondary N) is 2. The van der Waals surface area contributed by atoms with Gasteiger partial charge in [0.05, 0.1) is 12.1 Å². The highest BCUT2D eigenvalue weighted by molar-refractivity contribution is 5.88. The first-order valence-electron chi connectivity index (χ1n) is 7.09. The summed E-state index contributed by atoms with van der Waals surface area (Å²) in [6.45, 7) is 2.21. The van der Waals surface area contributed by atoms with Crippen molar-refractivity contribution in [2.75, 3.05) is 11.9 Å². The van der Waals surface area contributed by atoms with E-state index in [9.17, 15) is 13.6 Å². The number of carbonyl (C=O) groups excluding carboxylic acids is 1. The number of ether oxygens (including phenoxy) is 1. The van der Waals surface area contributed by atoms with Crippen molar-refractivity contribution in [3.63, 3.8) is 0 Å². The van der Waals surface area contributed by atoms with Gasteiger partial charge >= 0.3 is 6.03 Å². The molecule has 1 aromatic heterocycles. The first kappa shape index (κ1) is 15.7. The molecule has 2 amide bonds. The van der Waals surface area contributed by atoms with Gasteiger partial charge in [0.1, 0.15) is 6.54 Å². The lowest BCUT2D eigenvalue weighted by atomic mass is 10.1. The summed E-state index contributed by atoms with van der Waals surface area (Å²) >= 11 is 0. The van der Waals surface area contributed by atoms with Gasteiger partial charge in [0.2, 0.25) is 0 Å². The molecule has 0 aliphatic carbocycles. The molecule has 2 N–H and O–H groups in total. The van der Waals surface area contributed by atoms with Crippen molar-refractivity contribution >= 4 is 11.8 Å². The summed E-state index contributed by atoms with van der Waals surface area (Å²) in [6, 6.07) is 1.02. The van der Waals surface area contributed by atoms with E-state index >= 15 is 0 Å². The van der Waals surface area contributed by atoms with Gasteiger partial charge in [0, 0.05) is 18.9 Å². The highest BCUT2D eigenvalue weighted by Gasteiger charge is 2.26. The summed E-state index contributed by atoms with van der Waals surface area (Å²) in [7, 11) is 0. The standard InChI is InChI=1S/C13H20F2N4O2/c1-2-9(10-4-3-7-21-10)16-13(20)17-12-5-6-19(18-12)8-11(14)15/h5-6,9-11H,2-4,7-8H2,1H3,(H2,16,17,18,20). The molecule has 0 spiro atoms. The van der Waals surface area contributed by atoms with Crippen molar-refractivity contribution < 1.29 is 18.3 Å². The zero-order valence-electron chi connectivity index (χ0n) is 11.9. The van der Waals surface area contributed by atoms with Crippen molar-refractivity contribution in [3.05, 3.63) is 12.3 Å². The van der Waals surface area contributed by atoms with Crippen molar-refractivity contribution in [1.82, 2.24) is 15.1 Å². The van der Waals surface area contributed by atoms with E-state index in [0.717, 1.165) is 30.6 Å². The minimum absolute atomic E-state index is 0.0390. The molecule has 1 aromatic rings. The molecular weight excluding hydrogens is 282 g/mol. The van der Waals surface area contributed by atoms with Crippen molar-refractivity contribution in [3.8, 4) is 0 Å². The second kappa shape index (κ2) is 7.35. The molecule has 0 bridgehead atoms. The van der Waals surface area contributed by atoms with Gasteiger partial charge in [-0.25, -0.2) is 13.6 Å². The third-order valence-electron chi connectivity index (χ3n) is 3.38. The minimum atomic E-state index is -2.48. The molecule has 1 fully saturated rings. The molecule has 1 aliphatic rings. The van der Waals surface area contributed by atoms with Crippen LogP contribution in [0.4, 0.5) is 19.4 Å². The molecule has 6 nitrogen and oxygen atoms in total. The molecule has 118 valence electrons. The third kappa shape index (κ3) is 4.66. The van der Waals surface area contributed by atoms with E-state index in [4.69, 9.17) is 4.74 Å². The fourth-order valence-corrected chi connectivity index (χ4v) is 2.37. The molecule has 8 heteroatoms. The molecule has 2 atom stereocenters. The van der Waals surface area contributed by atoms with Gasteiger partial charge in [-0.1, -0.05) is 6.92 Å². The van der Waals surface area contributed by atoms with Gasteiger partial charge in [-0.3, -0.25) is 10.00 Å². The SMILES string of the molecule is CCC(NC(=O)Nc1ccn(CC(F)F)n1)C1CCCO1. The zero-order valence-corrected chi connectivity index (χ0v) is 11.9. The van der Waals surface area contributed by atoms with E-state index in [2.05, 4.69) is 15.7 Å². The van der Waals surface area contributed by atoms with E-state index in [1.807, 2.05) is 6.92 Å². The van der Waals surface area contributed by atoms with Gasteiger partial charge in [0.15, 0.2) is 5.82 Å². The Labute approximate surface area is 121 Å². The van der Waals surface area contributed by atoms with Crippen LogP contribution in [0.5, 0.6) is 0 Å². The van der Waals surface area contributed by atoms with Crippen LogP contribution in [0, 0.1) is 0 Å². The number of hydrogen-bond donors (Lipinski definition) is 2. The van der Waals surface area contributed by atoms with E-state index in [0.29, 0.717) is 0 Å². The van der Waals surface area contributed by atoms with Crippen molar-refractivity contribution in [2.45, 2.75) is 51.3 Å². The lowest BCUT2D eigenvalue weighted by Gasteiger charge is -2.22. The first-order chi connectivity index (χ1) is 10.1. The largest absolute Gasteiger partial charge is 0.376 e. The lowest BCUT2D eigenvalue weighted by molar-refractivity contribution is 0.0804. The fraction of sp³-hybridized carbons (Fsp3) is 0.692. The topological polar surface area (TPSA) is 68.2 Å². The summed E-state index contributed by atoms with van der Waals surface area (Å²) in [6.07, 6.45) is 1.66. The average molecular weight is 302 g/mol. The van der Waals surface area contributed by atoms with Crippen LogP contribution in [0.3, 0.4) is 0 Å². The molecule has 21 heavy (non-hydrogen) atoms. The number of carbonyl (C=O) groups is 1. The summed E-state index contributed by atoms with van der Waals surface area (Å²) in [5.74, 6) is 0.246. The Morgan fingerprint density at radius 3 is 3.05 bits per heavy atom. The molecule has 2 heterocycles. The van der Waals surface area contributed by atoms with Gasteiger partial charge in [-0.15, -0.1) is 0 Å². The Hall–Kier alpha value is -1.70. The van der Waals surface area contributed by atoms with Gasteiger partial charge in [0.25, 0.3) is 6.43 Å². The van der Waals surface area contributed by atoms with Crippen LogP contribution in [-0.4, -0.2) is 41.0 Å². The fourth-order valence-electron chi connectivity index (χ4n) is 2.37. The van der Waals surface area contributed by atoms with Crippen LogP contribution in [0.15, 0.2) is 12.3 Å². The molecule has 0 aromatic carbocycles. The number of rotatable bonds is 6. The molecule has 2 unspecified atom stereocenters. The predicted molar refractivity (Wildman–Crippen MR) is 73.4 cm³/mol. The molecule has 0 saturated carbocycles. The predicted octanol–water partition coefficient (Wildman–Crippen LogP) is 2.23. The van der Waals surface area contributed by atoms with Crippen LogP contribution in [0.1, 0.15) is 26.2 Å². The molecule has 0 radical (unpaired) electrons. The van der Waals surface area contributed by atoms with Crippen LogP contribution >= 0.6 is 0 Å². The second-order valence-corrected chi connectivity index (χ2v) is 4.98. The maximum Gasteiger partial charge on any atom is 0.320 e. The number of amides is 2. The van der Waals surface area contributed by atoms with Crippen LogP contribution in [0.2, 0.25) is 0 Å². The number of halogens is 2. The van der Waals surface area contributed by atoms with Crippen molar-refractivity contribution in [2.24, 2.45) is 0 Å². The Morgan fingerprint density at radius 2 is 2.43 bits per heavy atom. The van der Waals surface area contributed by atoms with Crippen molar-refractivity contribution in [1.29, 1.82) is 0 Å². The molecule has 2 rings (SSSR count). The first-order valence-corrected chi connectivity index (χ1v) is 7.09. The number of urea groups is 1. The Morgan fingerprint density at radius 1 is 1.62 bits per heavy atom. The van der Waals surface area contributed by atoms with E-state index < -0.39 is 19.0 Å². The van der Waals surface area contributed by atoms with Crippen LogP contribution in [0.25, 0.3) is 0 Å². The number of aromatic nitrogens is 2. The monoisotopic (exact) mass is 302 g/mol. The quantitative estimate of drug-likeness (QED) is 0.846. The average Bonchev–Trinajstić information content (AvgIpc) is 3.07. The highest BCUT2D eigenvalue weighted by atomic mass is 19.3. The minimum Gasteiger partial charge on any atom is -0.376 e. The highest BCUT2D eigenvalue weighted by Crippen LogP contribution is 2.17. The zero-order chi connectivity index (χ0) is 15.2. The summed E-state index contributed by atoms with van der Waals surface area (Å²) < 4.78 is 31.1. The maximum atomic E-state index is 12.2. The lowest BCUT2D eigenvalue weighted by Crippen LogP contribution is -2.44. The Kier molecular flexibility index (Phi) is 5.49. The maximum absolute atomic E-state index is 12.2. The normalized spacial score (nSPS) is 19.7. The van der Waals surface area contributed by atoms with Gasteiger partial charge in [-0.05, 0) is 19.3 Å². The number of anilines is 1.